The lowest BCUT2D eigenvalue weighted by Gasteiger charge is -2.19. The summed E-state index contributed by atoms with van der Waals surface area (Å²) < 4.78 is 0. The number of hydrogen-bond donors (Lipinski definition) is 2. The highest BCUT2D eigenvalue weighted by Gasteiger charge is 2.06. The minimum absolute atomic E-state index is 0.409. The van der Waals surface area contributed by atoms with Crippen molar-refractivity contribution in [1.82, 2.24) is 5.06 Å². The van der Waals surface area contributed by atoms with Crippen LogP contribution in [0.5, 0.6) is 0 Å². The molecule has 0 amide bonds. The van der Waals surface area contributed by atoms with Crippen molar-refractivity contribution in [3.8, 4) is 0 Å². The largest absolute Gasteiger partial charge is 0.384 e. The first-order chi connectivity index (χ1) is 4.74. The zero-order chi connectivity index (χ0) is 7.56. The van der Waals surface area contributed by atoms with Crippen LogP contribution in [-0.4, -0.2) is 23.1 Å². The molecular weight excluding hydrogens is 148 g/mol. The van der Waals surface area contributed by atoms with Crippen LogP contribution in [0.25, 0.3) is 0 Å². The Morgan fingerprint density at radius 1 is 1.80 bits per heavy atom. The minimum Gasteiger partial charge on any atom is -0.384 e. The molecule has 0 saturated carbocycles. The van der Waals surface area contributed by atoms with Crippen LogP contribution in [0.4, 0.5) is 0 Å². The Morgan fingerprint density at radius 2 is 2.50 bits per heavy atom. The van der Waals surface area contributed by atoms with Crippen LogP contribution in [0.2, 0.25) is 0 Å². The predicted octanol–water partition coefficient (Wildman–Crippen LogP) is 0.738. The predicted molar refractivity (Wildman–Crippen MR) is 42.4 cm³/mol. The van der Waals surface area contributed by atoms with E-state index < -0.39 is 0 Å². The lowest BCUT2D eigenvalue weighted by molar-refractivity contribution is -0.0468. The summed E-state index contributed by atoms with van der Waals surface area (Å²) in [6, 6.07) is 0. The standard InChI is InChI=1S/C6H10N2OS/c1-10-5-2-3-8(9)6(7)4-5/h2,4,9H,3,7H2,1H3. The smallest absolute Gasteiger partial charge is 0.125 e. The first-order valence-corrected chi connectivity index (χ1v) is 4.14. The molecule has 0 saturated heterocycles. The van der Waals surface area contributed by atoms with E-state index in [0.29, 0.717) is 12.4 Å². The van der Waals surface area contributed by atoms with Crippen molar-refractivity contribution >= 4 is 11.8 Å². The second kappa shape index (κ2) is 2.98. The number of rotatable bonds is 1. The normalized spacial score (nSPS) is 18.4. The highest BCUT2D eigenvalue weighted by atomic mass is 32.2. The summed E-state index contributed by atoms with van der Waals surface area (Å²) >= 11 is 1.62. The highest BCUT2D eigenvalue weighted by molar-refractivity contribution is 8.02. The van der Waals surface area contributed by atoms with Gasteiger partial charge in [-0.2, -0.15) is 0 Å². The van der Waals surface area contributed by atoms with Crippen molar-refractivity contribution in [2.24, 2.45) is 5.73 Å². The molecular formula is C6H10N2OS. The number of nitrogens with zero attached hydrogens (tertiary/aromatic N) is 1. The maximum absolute atomic E-state index is 8.98. The average Bonchev–Trinajstić information content (AvgIpc) is 1.95. The Balaban J connectivity index is 2.69. The van der Waals surface area contributed by atoms with E-state index in [1.165, 1.54) is 0 Å². The van der Waals surface area contributed by atoms with Gasteiger partial charge in [0.25, 0.3) is 0 Å². The number of hydrogen-bond acceptors (Lipinski definition) is 4. The fourth-order valence-corrected chi connectivity index (χ4v) is 1.18. The van der Waals surface area contributed by atoms with E-state index in [2.05, 4.69) is 0 Å². The molecule has 56 valence electrons. The molecule has 0 fully saturated rings. The molecule has 3 N–H and O–H groups in total. The van der Waals surface area contributed by atoms with Crippen LogP contribution in [0.1, 0.15) is 0 Å². The summed E-state index contributed by atoms with van der Waals surface area (Å²) in [7, 11) is 0. The van der Waals surface area contributed by atoms with Crippen LogP contribution in [0.3, 0.4) is 0 Å². The molecule has 4 heteroatoms. The van der Waals surface area contributed by atoms with Gasteiger partial charge in [-0.05, 0) is 18.4 Å². The molecule has 0 radical (unpaired) electrons. The van der Waals surface area contributed by atoms with Crippen LogP contribution in [-0.2, 0) is 0 Å². The molecule has 10 heavy (non-hydrogen) atoms. The first kappa shape index (κ1) is 7.50. The van der Waals surface area contributed by atoms with Crippen molar-refractivity contribution in [3.05, 3.63) is 22.9 Å². The minimum atomic E-state index is 0.409. The second-order valence-corrected chi connectivity index (χ2v) is 2.84. The van der Waals surface area contributed by atoms with Gasteiger partial charge in [0.15, 0.2) is 0 Å². The highest BCUT2D eigenvalue weighted by Crippen LogP contribution is 2.18. The molecule has 0 spiro atoms. The zero-order valence-electron chi connectivity index (χ0n) is 5.74. The number of allylic oxidation sites excluding steroid dienone is 1. The maximum Gasteiger partial charge on any atom is 0.125 e. The Kier molecular flexibility index (Phi) is 2.24. The van der Waals surface area contributed by atoms with Crippen LogP contribution in [0, 0.1) is 0 Å². The van der Waals surface area contributed by atoms with E-state index in [-0.39, 0.29) is 0 Å². The van der Waals surface area contributed by atoms with Crippen LogP contribution in [0.15, 0.2) is 22.9 Å². The van der Waals surface area contributed by atoms with Gasteiger partial charge < -0.3 is 5.73 Å². The molecule has 1 aliphatic heterocycles. The fraction of sp³-hybridized carbons (Fsp3) is 0.333. The van der Waals surface area contributed by atoms with Gasteiger partial charge in [-0.1, -0.05) is 0 Å². The van der Waals surface area contributed by atoms with E-state index in [4.69, 9.17) is 10.9 Å². The third kappa shape index (κ3) is 1.46. The van der Waals surface area contributed by atoms with Gasteiger partial charge in [-0.25, -0.2) is 5.06 Å². The summed E-state index contributed by atoms with van der Waals surface area (Å²) in [4.78, 5) is 1.10. The summed E-state index contributed by atoms with van der Waals surface area (Å²) in [5, 5.41) is 9.99. The zero-order valence-corrected chi connectivity index (χ0v) is 6.56. The van der Waals surface area contributed by atoms with Gasteiger partial charge in [0.2, 0.25) is 0 Å². The van der Waals surface area contributed by atoms with E-state index in [9.17, 15) is 0 Å². The second-order valence-electron chi connectivity index (χ2n) is 1.96. The van der Waals surface area contributed by atoms with Gasteiger partial charge in [-0.3, -0.25) is 5.21 Å². The summed E-state index contributed by atoms with van der Waals surface area (Å²) in [5.74, 6) is 0.409. The molecule has 0 atom stereocenters. The van der Waals surface area contributed by atoms with Gasteiger partial charge in [-0.15, -0.1) is 11.8 Å². The van der Waals surface area contributed by atoms with E-state index in [1.807, 2.05) is 12.3 Å². The quantitative estimate of drug-likeness (QED) is 0.591. The Bertz CT molecular complexity index is 188. The molecule has 0 aromatic carbocycles. The summed E-state index contributed by atoms with van der Waals surface area (Å²) in [6.45, 7) is 0.485. The molecule has 0 aliphatic carbocycles. The molecule has 1 aliphatic rings. The lowest BCUT2D eigenvalue weighted by Crippen LogP contribution is -2.26. The number of nitrogens with two attached hydrogens (primary N) is 1. The van der Waals surface area contributed by atoms with Crippen molar-refractivity contribution in [2.45, 2.75) is 0 Å². The van der Waals surface area contributed by atoms with E-state index in [0.717, 1.165) is 9.97 Å². The van der Waals surface area contributed by atoms with Crippen LogP contribution >= 0.6 is 11.8 Å². The fourth-order valence-electron chi connectivity index (χ4n) is 0.703. The third-order valence-electron chi connectivity index (χ3n) is 1.29. The van der Waals surface area contributed by atoms with Crippen molar-refractivity contribution in [3.63, 3.8) is 0 Å². The first-order valence-electron chi connectivity index (χ1n) is 2.92. The van der Waals surface area contributed by atoms with Gasteiger partial charge in [0.05, 0.1) is 6.54 Å². The number of hydroxylamine groups is 2. The van der Waals surface area contributed by atoms with Crippen molar-refractivity contribution in [1.29, 1.82) is 0 Å². The Morgan fingerprint density at radius 3 is 3.00 bits per heavy atom. The van der Waals surface area contributed by atoms with E-state index >= 15 is 0 Å². The van der Waals surface area contributed by atoms with E-state index in [1.54, 1.807) is 17.8 Å². The molecule has 0 aromatic rings. The third-order valence-corrected chi connectivity index (χ3v) is 2.05. The molecule has 1 heterocycles. The van der Waals surface area contributed by atoms with Gasteiger partial charge in [0, 0.05) is 4.91 Å². The molecule has 3 nitrogen and oxygen atoms in total. The summed E-state index contributed by atoms with van der Waals surface area (Å²) in [6.07, 6.45) is 5.64. The average molecular weight is 158 g/mol. The Hall–Kier alpha value is -0.610. The topological polar surface area (TPSA) is 49.5 Å². The summed E-state index contributed by atoms with van der Waals surface area (Å²) in [5.41, 5.74) is 5.43. The van der Waals surface area contributed by atoms with Crippen molar-refractivity contribution in [2.75, 3.05) is 12.8 Å². The molecule has 0 unspecified atom stereocenters. The van der Waals surface area contributed by atoms with Gasteiger partial charge in [0.1, 0.15) is 5.82 Å². The van der Waals surface area contributed by atoms with Gasteiger partial charge >= 0.3 is 0 Å². The SMILES string of the molecule is CSC1=CCN(O)C(N)=C1. The molecule has 0 bridgehead atoms. The maximum atomic E-state index is 8.98. The monoisotopic (exact) mass is 158 g/mol. The Labute approximate surface area is 64.2 Å². The number of thioether (sulfide) groups is 1. The lowest BCUT2D eigenvalue weighted by atomic mass is 10.3. The van der Waals surface area contributed by atoms with Crippen LogP contribution < -0.4 is 5.73 Å². The van der Waals surface area contributed by atoms with Crippen molar-refractivity contribution < 1.29 is 5.21 Å². The molecule has 1 rings (SSSR count). The molecule has 0 aromatic heterocycles.